The maximum absolute atomic E-state index is 11.2. The molecule has 0 radical (unpaired) electrons. The van der Waals surface area contributed by atoms with E-state index < -0.39 is 8.25 Å². The Labute approximate surface area is 117 Å². The SMILES string of the molecule is CCC(=O)SCCO[PH](=O)OCCSC(=O)CC. The minimum atomic E-state index is -2.50. The molecule has 0 aliphatic heterocycles. The van der Waals surface area contributed by atoms with Crippen LogP contribution in [0.3, 0.4) is 0 Å². The summed E-state index contributed by atoms with van der Waals surface area (Å²) in [5.41, 5.74) is 0. The average Bonchev–Trinajstić information content (AvgIpc) is 2.38. The summed E-state index contributed by atoms with van der Waals surface area (Å²) in [6, 6.07) is 0. The molecule has 0 atom stereocenters. The summed E-state index contributed by atoms with van der Waals surface area (Å²) in [4.78, 5) is 21.9. The first-order valence-corrected chi connectivity index (χ1v) is 8.90. The van der Waals surface area contributed by atoms with Gasteiger partial charge in [-0.05, 0) is 0 Å². The van der Waals surface area contributed by atoms with Crippen molar-refractivity contribution in [2.45, 2.75) is 26.7 Å². The summed E-state index contributed by atoms with van der Waals surface area (Å²) in [5.74, 6) is 0.963. The normalized spacial score (nSPS) is 10.8. The van der Waals surface area contributed by atoms with Gasteiger partial charge in [0.15, 0.2) is 10.2 Å². The van der Waals surface area contributed by atoms with Gasteiger partial charge in [0.25, 0.3) is 0 Å². The molecule has 106 valence electrons. The number of carbonyl (C=O) groups is 2. The van der Waals surface area contributed by atoms with Crippen molar-refractivity contribution in [3.05, 3.63) is 0 Å². The van der Waals surface area contributed by atoms with E-state index in [1.54, 1.807) is 13.8 Å². The molecule has 5 nitrogen and oxygen atoms in total. The number of thioether (sulfide) groups is 2. The lowest BCUT2D eigenvalue weighted by Gasteiger charge is -2.04. The van der Waals surface area contributed by atoms with Gasteiger partial charge in [-0.3, -0.25) is 14.2 Å². The molecule has 18 heavy (non-hydrogen) atoms. The van der Waals surface area contributed by atoms with Crippen LogP contribution in [0.2, 0.25) is 0 Å². The molecule has 0 aromatic carbocycles. The predicted molar refractivity (Wildman–Crippen MR) is 76.4 cm³/mol. The van der Waals surface area contributed by atoms with Gasteiger partial charge in [0.2, 0.25) is 0 Å². The van der Waals surface area contributed by atoms with Crippen LogP contribution in [-0.4, -0.2) is 35.0 Å². The van der Waals surface area contributed by atoms with E-state index in [1.807, 2.05) is 0 Å². The van der Waals surface area contributed by atoms with E-state index in [4.69, 9.17) is 9.05 Å². The Kier molecular flexibility index (Phi) is 12.4. The van der Waals surface area contributed by atoms with Gasteiger partial charge < -0.3 is 9.05 Å². The summed E-state index contributed by atoms with van der Waals surface area (Å²) >= 11 is 2.33. The first kappa shape index (κ1) is 18.2. The molecule has 0 unspecified atom stereocenters. The fraction of sp³-hybridized carbons (Fsp3) is 0.800. The second kappa shape index (κ2) is 12.2. The molecular weight excluding hydrogens is 295 g/mol. The van der Waals surface area contributed by atoms with Crippen LogP contribution in [-0.2, 0) is 23.2 Å². The zero-order valence-electron chi connectivity index (χ0n) is 10.6. The highest BCUT2D eigenvalue weighted by atomic mass is 32.2. The first-order chi connectivity index (χ1) is 8.60. The minimum absolute atomic E-state index is 0.0914. The van der Waals surface area contributed by atoms with Crippen molar-refractivity contribution in [3.63, 3.8) is 0 Å². The number of hydrogen-bond acceptors (Lipinski definition) is 7. The van der Waals surface area contributed by atoms with E-state index in [0.29, 0.717) is 24.3 Å². The fourth-order valence-corrected chi connectivity index (χ4v) is 2.92. The standard InChI is InChI=1S/C10H19O5PS2/c1-3-9(11)17-7-5-14-16(13)15-6-8-18-10(12)4-2/h16H,3-8H2,1-2H3. The molecule has 0 aromatic heterocycles. The maximum Gasteiger partial charge on any atom is 0.319 e. The highest BCUT2D eigenvalue weighted by molar-refractivity contribution is 8.13. The molecule has 0 bridgehead atoms. The Balaban J connectivity index is 3.38. The summed E-state index contributed by atoms with van der Waals surface area (Å²) < 4.78 is 21.1. The lowest BCUT2D eigenvalue weighted by atomic mass is 10.6. The van der Waals surface area contributed by atoms with Gasteiger partial charge in [0.05, 0.1) is 13.2 Å². The van der Waals surface area contributed by atoms with Crippen molar-refractivity contribution >= 4 is 42.0 Å². The van der Waals surface area contributed by atoms with Crippen molar-refractivity contribution < 1.29 is 23.2 Å². The Morgan fingerprint density at radius 3 is 1.67 bits per heavy atom. The molecule has 0 spiro atoms. The van der Waals surface area contributed by atoms with Crippen molar-refractivity contribution in [1.82, 2.24) is 0 Å². The van der Waals surface area contributed by atoms with Crippen LogP contribution in [0.1, 0.15) is 26.7 Å². The van der Waals surface area contributed by atoms with Gasteiger partial charge in [0, 0.05) is 24.3 Å². The molecule has 0 saturated heterocycles. The van der Waals surface area contributed by atoms with Gasteiger partial charge in [-0.2, -0.15) is 0 Å². The fourth-order valence-electron chi connectivity index (χ4n) is 0.807. The van der Waals surface area contributed by atoms with Crippen molar-refractivity contribution in [2.75, 3.05) is 24.7 Å². The Bertz CT molecular complexity index is 259. The van der Waals surface area contributed by atoms with Crippen molar-refractivity contribution in [1.29, 1.82) is 0 Å². The van der Waals surface area contributed by atoms with E-state index in [1.165, 1.54) is 0 Å². The molecule has 0 aliphatic rings. The summed E-state index contributed by atoms with van der Waals surface area (Å²) in [7, 11) is -2.50. The molecule has 0 heterocycles. The third-order valence-corrected chi connectivity index (χ3v) is 4.55. The molecule has 0 rings (SSSR count). The first-order valence-electron chi connectivity index (χ1n) is 5.70. The molecular formula is C10H19O5PS2. The van der Waals surface area contributed by atoms with Crippen LogP contribution >= 0.6 is 31.8 Å². The van der Waals surface area contributed by atoms with E-state index in [2.05, 4.69) is 0 Å². The average molecular weight is 314 g/mol. The zero-order valence-corrected chi connectivity index (χ0v) is 13.2. The van der Waals surface area contributed by atoms with Crippen LogP contribution in [0.4, 0.5) is 0 Å². The van der Waals surface area contributed by atoms with Crippen molar-refractivity contribution in [3.8, 4) is 0 Å². The minimum Gasteiger partial charge on any atom is -0.310 e. The molecule has 0 fully saturated rings. The topological polar surface area (TPSA) is 69.7 Å². The molecule has 0 amide bonds. The van der Waals surface area contributed by atoms with Crippen LogP contribution in [0, 0.1) is 0 Å². The van der Waals surface area contributed by atoms with Crippen LogP contribution in [0.25, 0.3) is 0 Å². The van der Waals surface area contributed by atoms with Gasteiger partial charge in [0.1, 0.15) is 0 Å². The molecule has 8 heteroatoms. The maximum atomic E-state index is 11.2. The summed E-state index contributed by atoms with van der Waals surface area (Å²) in [6.07, 6.45) is 0.970. The van der Waals surface area contributed by atoms with Crippen LogP contribution < -0.4 is 0 Å². The van der Waals surface area contributed by atoms with Gasteiger partial charge in [-0.15, -0.1) is 0 Å². The lowest BCUT2D eigenvalue weighted by Crippen LogP contribution is -1.99. The van der Waals surface area contributed by atoms with Gasteiger partial charge in [-0.1, -0.05) is 37.4 Å². The molecule has 0 aliphatic carbocycles. The summed E-state index contributed by atoms with van der Waals surface area (Å²) in [5, 5.41) is 0.183. The molecule has 0 aromatic rings. The highest BCUT2D eigenvalue weighted by Crippen LogP contribution is 2.24. The van der Waals surface area contributed by atoms with Crippen molar-refractivity contribution in [2.24, 2.45) is 0 Å². The van der Waals surface area contributed by atoms with E-state index in [0.717, 1.165) is 23.5 Å². The predicted octanol–water partition coefficient (Wildman–Crippen LogP) is 2.75. The highest BCUT2D eigenvalue weighted by Gasteiger charge is 2.03. The second-order valence-electron chi connectivity index (χ2n) is 3.09. The monoisotopic (exact) mass is 314 g/mol. The number of hydrogen-bond donors (Lipinski definition) is 0. The van der Waals surface area contributed by atoms with Gasteiger partial charge >= 0.3 is 8.25 Å². The third kappa shape index (κ3) is 11.3. The Hall–Kier alpha value is 0.190. The van der Waals surface area contributed by atoms with Crippen LogP contribution in [0.15, 0.2) is 0 Å². The Morgan fingerprint density at radius 1 is 0.944 bits per heavy atom. The molecule has 0 N–H and O–H groups in total. The number of carbonyl (C=O) groups excluding carboxylic acids is 2. The number of rotatable bonds is 10. The quantitative estimate of drug-likeness (QED) is 0.453. The van der Waals surface area contributed by atoms with Crippen LogP contribution in [0.5, 0.6) is 0 Å². The summed E-state index contributed by atoms with van der Waals surface area (Å²) in [6.45, 7) is 4.04. The Morgan fingerprint density at radius 2 is 1.33 bits per heavy atom. The van der Waals surface area contributed by atoms with E-state index in [9.17, 15) is 14.2 Å². The van der Waals surface area contributed by atoms with E-state index in [-0.39, 0.29) is 23.4 Å². The lowest BCUT2D eigenvalue weighted by molar-refractivity contribution is -0.111. The largest absolute Gasteiger partial charge is 0.319 e. The van der Waals surface area contributed by atoms with Gasteiger partial charge in [-0.25, -0.2) is 0 Å². The third-order valence-electron chi connectivity index (χ3n) is 1.71. The molecule has 0 saturated carbocycles. The smallest absolute Gasteiger partial charge is 0.310 e. The van der Waals surface area contributed by atoms with E-state index >= 15 is 0 Å². The second-order valence-corrected chi connectivity index (χ2v) is 6.48. The zero-order chi connectivity index (χ0) is 13.8.